The highest BCUT2D eigenvalue weighted by atomic mass is 19.4. The van der Waals surface area contributed by atoms with Gasteiger partial charge < -0.3 is 4.90 Å². The maximum Gasteiger partial charge on any atom is 0.416 e. The van der Waals surface area contributed by atoms with Crippen molar-refractivity contribution in [1.29, 1.82) is 0 Å². The second-order valence-corrected chi connectivity index (χ2v) is 6.40. The van der Waals surface area contributed by atoms with E-state index in [4.69, 9.17) is 0 Å². The summed E-state index contributed by atoms with van der Waals surface area (Å²) in [6.07, 6.45) is -2.45. The monoisotopic (exact) mass is 361 g/mol. The average molecular weight is 361 g/mol. The van der Waals surface area contributed by atoms with E-state index in [1.54, 1.807) is 0 Å². The zero-order valence-corrected chi connectivity index (χ0v) is 15.3. The van der Waals surface area contributed by atoms with Gasteiger partial charge >= 0.3 is 6.18 Å². The fourth-order valence-corrected chi connectivity index (χ4v) is 3.01. The van der Waals surface area contributed by atoms with Crippen molar-refractivity contribution >= 4 is 5.91 Å². The van der Waals surface area contributed by atoms with Gasteiger partial charge in [-0.2, -0.15) is 13.2 Å². The van der Waals surface area contributed by atoms with E-state index >= 15 is 0 Å². The van der Waals surface area contributed by atoms with Crippen molar-refractivity contribution in [2.75, 3.05) is 13.1 Å². The third kappa shape index (κ3) is 5.72. The lowest BCUT2D eigenvalue weighted by Gasteiger charge is -2.17. The van der Waals surface area contributed by atoms with Crippen molar-refractivity contribution in [1.82, 2.24) is 4.90 Å². The van der Waals surface area contributed by atoms with Gasteiger partial charge in [0.25, 0.3) is 0 Å². The van der Waals surface area contributed by atoms with Crippen LogP contribution in [0.5, 0.6) is 0 Å². The predicted octanol–water partition coefficient (Wildman–Crippen LogP) is 5.31. The van der Waals surface area contributed by atoms with Crippen molar-refractivity contribution < 1.29 is 22.4 Å². The van der Waals surface area contributed by atoms with E-state index in [0.29, 0.717) is 17.7 Å². The summed E-state index contributed by atoms with van der Waals surface area (Å²) in [5.74, 6) is 0.869. The fourth-order valence-electron chi connectivity index (χ4n) is 3.01. The summed E-state index contributed by atoms with van der Waals surface area (Å²) in [6, 6.07) is 2.99. The van der Waals surface area contributed by atoms with Crippen LogP contribution in [0.4, 0.5) is 17.6 Å². The smallest absolute Gasteiger partial charge is 0.343 e. The largest absolute Gasteiger partial charge is 0.416 e. The molecule has 2 unspecified atom stereocenters. The molecular formula is C19H27F4NO. The number of carbonyl (C=O) groups excluding carboxylic acids is 1. The number of benzene rings is 1. The van der Waals surface area contributed by atoms with E-state index in [-0.39, 0.29) is 12.0 Å². The van der Waals surface area contributed by atoms with Crippen LogP contribution in [0.2, 0.25) is 0 Å². The molecule has 2 rings (SSSR count). The third-order valence-electron chi connectivity index (χ3n) is 4.85. The Morgan fingerprint density at radius 3 is 2.28 bits per heavy atom. The van der Waals surface area contributed by atoms with E-state index in [9.17, 15) is 22.4 Å². The molecule has 1 fully saturated rings. The van der Waals surface area contributed by atoms with Crippen LogP contribution in [0.25, 0.3) is 0 Å². The molecule has 2 atom stereocenters. The van der Waals surface area contributed by atoms with Crippen LogP contribution in [-0.4, -0.2) is 23.9 Å². The Labute approximate surface area is 147 Å². The summed E-state index contributed by atoms with van der Waals surface area (Å²) in [7, 11) is 0. The van der Waals surface area contributed by atoms with Crippen molar-refractivity contribution in [3.63, 3.8) is 0 Å². The molecule has 1 amide bonds. The lowest BCUT2D eigenvalue weighted by Crippen LogP contribution is -2.25. The van der Waals surface area contributed by atoms with E-state index in [2.05, 4.69) is 20.8 Å². The number of hydrogen-bond acceptors (Lipinski definition) is 1. The molecular weight excluding hydrogens is 334 g/mol. The van der Waals surface area contributed by atoms with Crippen molar-refractivity contribution in [2.24, 2.45) is 11.8 Å². The molecule has 1 heterocycles. The van der Waals surface area contributed by atoms with Crippen molar-refractivity contribution in [2.45, 2.75) is 53.1 Å². The van der Waals surface area contributed by atoms with Crippen molar-refractivity contribution in [3.8, 4) is 0 Å². The Morgan fingerprint density at radius 2 is 1.88 bits per heavy atom. The van der Waals surface area contributed by atoms with Gasteiger partial charge in [-0.1, -0.05) is 33.3 Å². The van der Waals surface area contributed by atoms with E-state index in [1.165, 1.54) is 13.3 Å². The standard InChI is InChI=1S/C10H19NO.C9H8F4/c1-4-8(3)9-6-10(12)11(5-2)7-9;1-2-6-7(9(11,12)13)4-3-5-8(6)10/h8-9H,4-7H2,1-3H3;3-5H,2H2,1H3. The first-order chi connectivity index (χ1) is 11.6. The fraction of sp³-hybridized carbons (Fsp3) is 0.632. The van der Waals surface area contributed by atoms with Crippen LogP contribution < -0.4 is 0 Å². The lowest BCUT2D eigenvalue weighted by atomic mass is 9.91. The van der Waals surface area contributed by atoms with Gasteiger partial charge in [0, 0.05) is 19.5 Å². The minimum atomic E-state index is -4.46. The number of likely N-dealkylation sites (tertiary alicyclic amines) is 1. The van der Waals surface area contributed by atoms with Crippen molar-refractivity contribution in [3.05, 3.63) is 35.1 Å². The van der Waals surface area contributed by atoms with Gasteiger partial charge in [0.05, 0.1) is 5.56 Å². The van der Waals surface area contributed by atoms with E-state index in [0.717, 1.165) is 37.7 Å². The highest BCUT2D eigenvalue weighted by molar-refractivity contribution is 5.78. The number of halogens is 4. The minimum absolute atomic E-state index is 0.0432. The average Bonchev–Trinajstić information content (AvgIpc) is 2.94. The molecule has 6 heteroatoms. The molecule has 0 bridgehead atoms. The Kier molecular flexibility index (Phi) is 7.90. The molecule has 0 N–H and O–H groups in total. The normalized spacial score (nSPS) is 18.8. The Balaban J connectivity index is 0.000000251. The van der Waals surface area contributed by atoms with Gasteiger partial charge in [0.2, 0.25) is 5.91 Å². The summed E-state index contributed by atoms with van der Waals surface area (Å²) < 4.78 is 49.6. The predicted molar refractivity (Wildman–Crippen MR) is 90.6 cm³/mol. The molecule has 0 aliphatic carbocycles. The number of carbonyl (C=O) groups is 1. The van der Waals surface area contributed by atoms with Crippen LogP contribution in [0.15, 0.2) is 18.2 Å². The van der Waals surface area contributed by atoms with Gasteiger partial charge in [0.1, 0.15) is 5.82 Å². The molecule has 1 aromatic carbocycles. The van der Waals surface area contributed by atoms with Gasteiger partial charge in [-0.05, 0) is 42.9 Å². The topological polar surface area (TPSA) is 20.3 Å². The number of hydrogen-bond donors (Lipinski definition) is 0. The Hall–Kier alpha value is -1.59. The first-order valence-electron chi connectivity index (χ1n) is 8.77. The van der Waals surface area contributed by atoms with Crippen LogP contribution in [-0.2, 0) is 17.4 Å². The maximum absolute atomic E-state index is 12.9. The lowest BCUT2D eigenvalue weighted by molar-refractivity contribution is -0.138. The zero-order chi connectivity index (χ0) is 19.2. The highest BCUT2D eigenvalue weighted by Gasteiger charge is 2.33. The number of amides is 1. The summed E-state index contributed by atoms with van der Waals surface area (Å²) in [5.41, 5.74) is -1.15. The first-order valence-corrected chi connectivity index (χ1v) is 8.77. The molecule has 1 aliphatic rings. The number of rotatable bonds is 4. The van der Waals surface area contributed by atoms with E-state index in [1.807, 2.05) is 4.90 Å². The Morgan fingerprint density at radius 1 is 1.24 bits per heavy atom. The SMILES string of the molecule is CCC(C)C1CC(=O)N(CC)C1.CCc1c(F)cccc1C(F)(F)F. The highest BCUT2D eigenvalue weighted by Crippen LogP contribution is 2.33. The second-order valence-electron chi connectivity index (χ2n) is 6.40. The van der Waals surface area contributed by atoms with Gasteiger partial charge in [-0.25, -0.2) is 4.39 Å². The van der Waals surface area contributed by atoms with Crippen LogP contribution in [0, 0.1) is 17.7 Å². The first kappa shape index (κ1) is 21.5. The van der Waals surface area contributed by atoms with E-state index < -0.39 is 17.6 Å². The molecule has 0 spiro atoms. The zero-order valence-electron chi connectivity index (χ0n) is 15.3. The van der Waals surface area contributed by atoms with Crippen LogP contribution >= 0.6 is 0 Å². The molecule has 142 valence electrons. The third-order valence-corrected chi connectivity index (χ3v) is 4.85. The Bertz CT molecular complexity index is 571. The van der Waals surface area contributed by atoms with Crippen LogP contribution in [0.3, 0.4) is 0 Å². The molecule has 1 aliphatic heterocycles. The van der Waals surface area contributed by atoms with Gasteiger partial charge in [0.15, 0.2) is 0 Å². The molecule has 0 saturated carbocycles. The summed E-state index contributed by atoms with van der Waals surface area (Å²) >= 11 is 0. The minimum Gasteiger partial charge on any atom is -0.343 e. The quantitative estimate of drug-likeness (QED) is 0.666. The molecule has 25 heavy (non-hydrogen) atoms. The maximum atomic E-state index is 12.9. The number of alkyl halides is 3. The summed E-state index contributed by atoms with van der Waals surface area (Å²) in [6.45, 7) is 9.86. The molecule has 1 aromatic rings. The van der Waals surface area contributed by atoms with Crippen LogP contribution in [0.1, 0.15) is 51.7 Å². The van der Waals surface area contributed by atoms with Gasteiger partial charge in [-0.15, -0.1) is 0 Å². The van der Waals surface area contributed by atoms with Gasteiger partial charge in [-0.3, -0.25) is 4.79 Å². The summed E-state index contributed by atoms with van der Waals surface area (Å²) in [5, 5.41) is 0. The summed E-state index contributed by atoms with van der Waals surface area (Å²) in [4.78, 5) is 13.3. The molecule has 0 aromatic heterocycles. The molecule has 1 saturated heterocycles. The second kappa shape index (κ2) is 9.20. The molecule has 0 radical (unpaired) electrons. The number of nitrogens with zero attached hydrogens (tertiary/aromatic N) is 1. The molecule has 2 nitrogen and oxygen atoms in total.